The summed E-state index contributed by atoms with van der Waals surface area (Å²) in [6.07, 6.45) is 0. The molecule has 0 aliphatic carbocycles. The van der Waals surface area contributed by atoms with Crippen LogP contribution in [-0.4, -0.2) is 5.78 Å². The Morgan fingerprint density at radius 1 is 1.10 bits per heavy atom. The van der Waals surface area contributed by atoms with Crippen molar-refractivity contribution in [1.29, 1.82) is 5.26 Å². The summed E-state index contributed by atoms with van der Waals surface area (Å²) < 4.78 is 14.1. The van der Waals surface area contributed by atoms with Crippen molar-refractivity contribution in [1.82, 2.24) is 0 Å². The van der Waals surface area contributed by atoms with Crippen molar-refractivity contribution in [2.45, 2.75) is 26.7 Å². The minimum absolute atomic E-state index is 0.0280. The first-order valence-corrected chi connectivity index (χ1v) is 6.71. The smallest absolute Gasteiger partial charge is 0.187 e. The fourth-order valence-corrected chi connectivity index (χ4v) is 2.22. The molecule has 0 N–H and O–H groups in total. The highest BCUT2D eigenvalue weighted by atomic mass is 19.1. The fourth-order valence-electron chi connectivity index (χ4n) is 2.22. The third-order valence-corrected chi connectivity index (χ3v) is 3.71. The van der Waals surface area contributed by atoms with Crippen molar-refractivity contribution in [3.05, 3.63) is 70.0 Å². The number of nitrogens with zero attached hydrogens (tertiary/aromatic N) is 1. The maximum absolute atomic E-state index is 14.1. The highest BCUT2D eigenvalue weighted by Gasteiger charge is 2.25. The quantitative estimate of drug-likeness (QED) is 0.789. The molecule has 21 heavy (non-hydrogen) atoms. The molecule has 0 spiro atoms. The molecule has 0 fully saturated rings. The van der Waals surface area contributed by atoms with E-state index in [4.69, 9.17) is 0 Å². The Labute approximate surface area is 123 Å². The van der Waals surface area contributed by atoms with E-state index in [-0.39, 0.29) is 5.56 Å². The average Bonchev–Trinajstić information content (AvgIpc) is 2.46. The van der Waals surface area contributed by atoms with E-state index in [0.29, 0.717) is 11.1 Å². The lowest BCUT2D eigenvalue weighted by molar-refractivity contribution is 0.0975. The lowest BCUT2D eigenvalue weighted by atomic mass is 9.89. The molecule has 1 atom stereocenters. The zero-order valence-electron chi connectivity index (χ0n) is 12.3. The van der Waals surface area contributed by atoms with E-state index in [2.05, 4.69) is 0 Å². The van der Waals surface area contributed by atoms with Gasteiger partial charge in [0.15, 0.2) is 5.78 Å². The number of carbonyl (C=O) groups excluding carboxylic acids is 1. The van der Waals surface area contributed by atoms with Crippen molar-refractivity contribution in [2.75, 3.05) is 0 Å². The fraction of sp³-hybridized carbons (Fsp3) is 0.222. The zero-order valence-corrected chi connectivity index (χ0v) is 12.3. The van der Waals surface area contributed by atoms with Crippen molar-refractivity contribution in [3.8, 4) is 6.07 Å². The second-order valence-corrected chi connectivity index (χ2v) is 5.21. The van der Waals surface area contributed by atoms with Gasteiger partial charge >= 0.3 is 0 Å². The summed E-state index contributed by atoms with van der Waals surface area (Å²) in [7, 11) is 0. The van der Waals surface area contributed by atoms with E-state index in [1.54, 1.807) is 25.1 Å². The summed E-state index contributed by atoms with van der Waals surface area (Å²) in [5.74, 6) is -2.03. The van der Waals surface area contributed by atoms with Gasteiger partial charge in [0.25, 0.3) is 0 Å². The van der Waals surface area contributed by atoms with E-state index >= 15 is 0 Å². The molecule has 0 saturated heterocycles. The minimum Gasteiger partial charge on any atom is -0.292 e. The average molecular weight is 281 g/mol. The minimum atomic E-state index is -0.986. The topological polar surface area (TPSA) is 40.9 Å². The van der Waals surface area contributed by atoms with Gasteiger partial charge in [-0.3, -0.25) is 4.79 Å². The first-order valence-electron chi connectivity index (χ1n) is 6.71. The van der Waals surface area contributed by atoms with E-state index in [1.807, 2.05) is 32.0 Å². The van der Waals surface area contributed by atoms with Crippen LogP contribution in [0.2, 0.25) is 0 Å². The molecule has 0 aromatic heterocycles. The van der Waals surface area contributed by atoms with Crippen LogP contribution in [0.4, 0.5) is 4.39 Å². The maximum Gasteiger partial charge on any atom is 0.187 e. The van der Waals surface area contributed by atoms with Crippen molar-refractivity contribution >= 4 is 5.78 Å². The second kappa shape index (κ2) is 5.88. The number of ketones is 1. The predicted octanol–water partition coefficient (Wildman–Crippen LogP) is 4.24. The molecule has 106 valence electrons. The summed E-state index contributed by atoms with van der Waals surface area (Å²) in [5, 5.41) is 9.34. The number of Topliss-reactive ketones (excluding diaryl/α,β-unsaturated/α-hetero) is 1. The van der Waals surface area contributed by atoms with Gasteiger partial charge < -0.3 is 0 Å². The Morgan fingerprint density at radius 3 is 2.43 bits per heavy atom. The molecule has 0 saturated carbocycles. The largest absolute Gasteiger partial charge is 0.292 e. The summed E-state index contributed by atoms with van der Waals surface area (Å²) in [4.78, 5) is 12.5. The number of benzene rings is 2. The van der Waals surface area contributed by atoms with Crippen LogP contribution in [0.5, 0.6) is 0 Å². The monoisotopic (exact) mass is 281 g/mol. The third kappa shape index (κ3) is 2.85. The number of aryl methyl sites for hydroxylation is 3. The van der Waals surface area contributed by atoms with Crippen LogP contribution in [0.15, 0.2) is 36.4 Å². The highest BCUT2D eigenvalue weighted by molar-refractivity contribution is 6.03. The van der Waals surface area contributed by atoms with E-state index in [1.165, 1.54) is 6.07 Å². The Bertz CT molecular complexity index is 743. The molecule has 2 aromatic carbocycles. The van der Waals surface area contributed by atoms with Crippen LogP contribution in [0.25, 0.3) is 0 Å². The number of hydrogen-bond donors (Lipinski definition) is 0. The molecule has 0 radical (unpaired) electrons. The van der Waals surface area contributed by atoms with Gasteiger partial charge in [0.2, 0.25) is 0 Å². The van der Waals surface area contributed by atoms with Crippen molar-refractivity contribution in [3.63, 3.8) is 0 Å². The standard InChI is InChI=1S/C18H16FNO/c1-11-7-8-14(9-13(11)3)16(10-20)18(21)15-6-4-5-12(2)17(15)19/h4-9,16H,1-3H3. The number of hydrogen-bond acceptors (Lipinski definition) is 2. The van der Waals surface area contributed by atoms with E-state index in [9.17, 15) is 14.4 Å². The zero-order chi connectivity index (χ0) is 15.6. The van der Waals surface area contributed by atoms with Gasteiger partial charge in [-0.25, -0.2) is 4.39 Å². The number of rotatable bonds is 3. The van der Waals surface area contributed by atoms with E-state index < -0.39 is 17.5 Å². The Morgan fingerprint density at radius 2 is 1.81 bits per heavy atom. The molecule has 0 aliphatic rings. The van der Waals surface area contributed by atoms with Gasteiger partial charge in [0.1, 0.15) is 11.7 Å². The summed E-state index contributed by atoms with van der Waals surface area (Å²) in [5.41, 5.74) is 3.07. The van der Waals surface area contributed by atoms with Gasteiger partial charge in [-0.2, -0.15) is 5.26 Å². The van der Waals surface area contributed by atoms with Gasteiger partial charge in [-0.15, -0.1) is 0 Å². The van der Waals surface area contributed by atoms with Crippen LogP contribution in [-0.2, 0) is 0 Å². The van der Waals surface area contributed by atoms with Gasteiger partial charge in [0.05, 0.1) is 11.6 Å². The Balaban J connectivity index is 2.46. The third-order valence-electron chi connectivity index (χ3n) is 3.71. The Kier molecular flexibility index (Phi) is 4.18. The molecular formula is C18H16FNO. The molecule has 2 aromatic rings. The second-order valence-electron chi connectivity index (χ2n) is 5.21. The first kappa shape index (κ1) is 14.9. The van der Waals surface area contributed by atoms with Gasteiger partial charge in [-0.1, -0.05) is 30.3 Å². The molecular weight excluding hydrogens is 265 g/mol. The van der Waals surface area contributed by atoms with Crippen LogP contribution in [0.3, 0.4) is 0 Å². The molecule has 3 heteroatoms. The molecule has 0 amide bonds. The Hall–Kier alpha value is -2.47. The molecule has 0 aliphatic heterocycles. The lowest BCUT2D eigenvalue weighted by Crippen LogP contribution is -2.14. The molecule has 2 nitrogen and oxygen atoms in total. The molecule has 0 bridgehead atoms. The van der Waals surface area contributed by atoms with Crippen LogP contribution in [0.1, 0.15) is 38.5 Å². The van der Waals surface area contributed by atoms with E-state index in [0.717, 1.165) is 11.1 Å². The molecule has 1 unspecified atom stereocenters. The maximum atomic E-state index is 14.1. The lowest BCUT2D eigenvalue weighted by Gasteiger charge is -2.12. The SMILES string of the molecule is Cc1ccc(C(C#N)C(=O)c2cccc(C)c2F)cc1C. The number of carbonyl (C=O) groups is 1. The summed E-state index contributed by atoms with van der Waals surface area (Å²) >= 11 is 0. The molecule has 2 rings (SSSR count). The predicted molar refractivity (Wildman–Crippen MR) is 79.7 cm³/mol. The van der Waals surface area contributed by atoms with Crippen LogP contribution < -0.4 is 0 Å². The summed E-state index contributed by atoms with van der Waals surface area (Å²) in [6, 6.07) is 12.1. The van der Waals surface area contributed by atoms with Crippen molar-refractivity contribution in [2.24, 2.45) is 0 Å². The van der Waals surface area contributed by atoms with Gasteiger partial charge in [0, 0.05) is 0 Å². The highest BCUT2D eigenvalue weighted by Crippen LogP contribution is 2.24. The van der Waals surface area contributed by atoms with Crippen molar-refractivity contribution < 1.29 is 9.18 Å². The number of nitriles is 1. The van der Waals surface area contributed by atoms with Crippen LogP contribution in [0, 0.1) is 37.9 Å². The molecule has 0 heterocycles. The van der Waals surface area contributed by atoms with Gasteiger partial charge in [-0.05, 0) is 49.1 Å². The summed E-state index contributed by atoms with van der Waals surface area (Å²) in [6.45, 7) is 5.48. The first-order chi connectivity index (χ1) is 9.95. The van der Waals surface area contributed by atoms with Crippen LogP contribution >= 0.6 is 0 Å². The normalized spacial score (nSPS) is 11.8. The number of halogens is 1.